The van der Waals surface area contributed by atoms with E-state index in [0.29, 0.717) is 16.3 Å². The number of nitrogens with one attached hydrogen (secondary N) is 1. The second-order valence-electron chi connectivity index (χ2n) is 3.71. The molecule has 0 atom stereocenters. The number of sulfone groups is 1. The third kappa shape index (κ3) is 4.33. The molecule has 0 spiro atoms. The fraction of sp³-hybridized carbons (Fsp3) is 0.294. The fourth-order valence-electron chi connectivity index (χ4n) is 1.76. The zero-order chi connectivity index (χ0) is 16.5. The molecule has 1 heterocycles. The molecule has 1 aliphatic heterocycles. The van der Waals surface area contributed by atoms with Gasteiger partial charge in [0.15, 0.2) is 0 Å². The monoisotopic (exact) mass is 307 g/mol. The lowest BCUT2D eigenvalue weighted by molar-refractivity contribution is 0.602. The molecule has 21 heavy (non-hydrogen) atoms. The van der Waals surface area contributed by atoms with Crippen molar-refractivity contribution in [3.8, 4) is 0 Å². The SMILES string of the molecule is C=C/C=C\C1=C(C)Nc2ccccc2S1(=O)=O.CC.CC. The lowest BCUT2D eigenvalue weighted by Gasteiger charge is -2.20. The number of allylic oxidation sites excluding steroid dienone is 4. The van der Waals surface area contributed by atoms with Crippen molar-refractivity contribution in [1.82, 2.24) is 0 Å². The number of fused-ring (bicyclic) bond motifs is 1. The maximum absolute atomic E-state index is 12.3. The van der Waals surface area contributed by atoms with Crippen LogP contribution >= 0.6 is 0 Å². The third-order valence-electron chi connectivity index (χ3n) is 2.54. The molecule has 1 aliphatic rings. The van der Waals surface area contributed by atoms with Gasteiger partial charge in [0.25, 0.3) is 0 Å². The van der Waals surface area contributed by atoms with Crippen LogP contribution in [0, 0.1) is 0 Å². The Hall–Kier alpha value is -1.81. The van der Waals surface area contributed by atoms with E-state index in [4.69, 9.17) is 0 Å². The highest BCUT2D eigenvalue weighted by Gasteiger charge is 2.28. The first-order valence-electron chi connectivity index (χ1n) is 7.18. The van der Waals surface area contributed by atoms with E-state index in [1.165, 1.54) is 0 Å². The highest BCUT2D eigenvalue weighted by atomic mass is 32.2. The molecule has 0 saturated heterocycles. The molecule has 0 bridgehead atoms. The van der Waals surface area contributed by atoms with Crippen molar-refractivity contribution in [2.24, 2.45) is 0 Å². The topological polar surface area (TPSA) is 46.2 Å². The van der Waals surface area contributed by atoms with E-state index in [2.05, 4.69) is 11.9 Å². The van der Waals surface area contributed by atoms with Gasteiger partial charge in [0.2, 0.25) is 9.84 Å². The highest BCUT2D eigenvalue weighted by molar-refractivity contribution is 7.95. The van der Waals surface area contributed by atoms with Crippen molar-refractivity contribution in [1.29, 1.82) is 0 Å². The lowest BCUT2D eigenvalue weighted by Crippen LogP contribution is -2.16. The van der Waals surface area contributed by atoms with Gasteiger partial charge in [-0.25, -0.2) is 8.42 Å². The Morgan fingerprint density at radius 2 is 1.67 bits per heavy atom. The average molecular weight is 307 g/mol. The summed E-state index contributed by atoms with van der Waals surface area (Å²) < 4.78 is 24.7. The average Bonchev–Trinajstić information content (AvgIpc) is 2.51. The molecule has 0 aliphatic carbocycles. The molecular weight excluding hydrogens is 282 g/mol. The molecule has 0 unspecified atom stereocenters. The van der Waals surface area contributed by atoms with Crippen LogP contribution in [0.1, 0.15) is 34.6 Å². The maximum Gasteiger partial charge on any atom is 0.210 e. The van der Waals surface area contributed by atoms with Gasteiger partial charge in [0.05, 0.1) is 15.5 Å². The van der Waals surface area contributed by atoms with Crippen LogP contribution in [-0.4, -0.2) is 8.42 Å². The summed E-state index contributed by atoms with van der Waals surface area (Å²) in [6.07, 6.45) is 4.73. The molecule has 116 valence electrons. The second-order valence-corrected chi connectivity index (χ2v) is 5.60. The zero-order valence-electron chi connectivity index (χ0n) is 13.5. The van der Waals surface area contributed by atoms with Gasteiger partial charge >= 0.3 is 0 Å². The Morgan fingerprint density at radius 3 is 2.24 bits per heavy atom. The van der Waals surface area contributed by atoms with Crippen LogP contribution in [0.3, 0.4) is 0 Å². The predicted molar refractivity (Wildman–Crippen MR) is 92.0 cm³/mol. The molecular formula is C17H25NO2S. The number of anilines is 1. The van der Waals surface area contributed by atoms with Crippen LogP contribution in [0.2, 0.25) is 0 Å². The van der Waals surface area contributed by atoms with Crippen LogP contribution < -0.4 is 5.32 Å². The van der Waals surface area contributed by atoms with Crippen molar-refractivity contribution in [3.63, 3.8) is 0 Å². The number of para-hydroxylation sites is 1. The molecule has 1 aromatic carbocycles. The van der Waals surface area contributed by atoms with Gasteiger partial charge in [-0.2, -0.15) is 0 Å². The van der Waals surface area contributed by atoms with E-state index in [1.54, 1.807) is 49.4 Å². The first-order valence-corrected chi connectivity index (χ1v) is 8.67. The van der Waals surface area contributed by atoms with Gasteiger partial charge in [0.1, 0.15) is 0 Å². The van der Waals surface area contributed by atoms with E-state index in [1.807, 2.05) is 27.7 Å². The summed E-state index contributed by atoms with van der Waals surface area (Å²) >= 11 is 0. The first kappa shape index (κ1) is 19.2. The van der Waals surface area contributed by atoms with Crippen molar-refractivity contribution in [3.05, 3.63) is 59.7 Å². The minimum Gasteiger partial charge on any atom is -0.357 e. The lowest BCUT2D eigenvalue weighted by atomic mass is 10.3. The summed E-state index contributed by atoms with van der Waals surface area (Å²) in [6, 6.07) is 6.88. The summed E-state index contributed by atoms with van der Waals surface area (Å²) in [5, 5.41) is 3.09. The standard InChI is InChI=1S/C13H13NO2S.2C2H6/c1-3-4-8-12-10(2)14-11-7-5-6-9-13(11)17(12,15)16;2*1-2/h3-9,14H,1H2,2H3;2*1-2H3/b8-4-;;. The summed E-state index contributed by atoms with van der Waals surface area (Å²) in [6.45, 7) is 13.3. The van der Waals surface area contributed by atoms with Crippen LogP contribution in [-0.2, 0) is 9.84 Å². The van der Waals surface area contributed by atoms with Gasteiger partial charge in [0, 0.05) is 5.70 Å². The molecule has 0 aromatic heterocycles. The van der Waals surface area contributed by atoms with Crippen molar-refractivity contribution in [2.75, 3.05) is 5.32 Å². The Kier molecular flexibility index (Phi) is 8.39. The summed E-state index contributed by atoms with van der Waals surface area (Å²) in [5.41, 5.74) is 1.25. The van der Waals surface area contributed by atoms with Crippen LogP contribution in [0.25, 0.3) is 0 Å². The van der Waals surface area contributed by atoms with Gasteiger partial charge in [-0.15, -0.1) is 0 Å². The smallest absolute Gasteiger partial charge is 0.210 e. The Morgan fingerprint density at radius 1 is 1.10 bits per heavy atom. The van der Waals surface area contributed by atoms with Gasteiger partial charge < -0.3 is 5.32 Å². The number of benzene rings is 1. The third-order valence-corrected chi connectivity index (χ3v) is 4.50. The number of hydrogen-bond donors (Lipinski definition) is 1. The molecule has 3 nitrogen and oxygen atoms in total. The molecule has 0 radical (unpaired) electrons. The second kappa shape index (κ2) is 9.19. The molecule has 0 saturated carbocycles. The minimum atomic E-state index is -3.42. The zero-order valence-corrected chi connectivity index (χ0v) is 14.3. The van der Waals surface area contributed by atoms with Crippen LogP contribution in [0.4, 0.5) is 5.69 Å². The molecule has 1 aromatic rings. The molecule has 0 fully saturated rings. The predicted octanol–water partition coefficient (Wildman–Crippen LogP) is 4.91. The van der Waals surface area contributed by atoms with E-state index in [0.717, 1.165) is 0 Å². The highest BCUT2D eigenvalue weighted by Crippen LogP contribution is 2.34. The van der Waals surface area contributed by atoms with Crippen LogP contribution in [0.15, 0.2) is 64.6 Å². The Balaban J connectivity index is 0.000000921. The van der Waals surface area contributed by atoms with E-state index >= 15 is 0 Å². The summed E-state index contributed by atoms with van der Waals surface area (Å²) in [5.74, 6) is 0. The largest absolute Gasteiger partial charge is 0.357 e. The maximum atomic E-state index is 12.3. The molecule has 2 rings (SSSR count). The summed E-state index contributed by atoms with van der Waals surface area (Å²) in [7, 11) is -3.42. The number of hydrogen-bond acceptors (Lipinski definition) is 3. The first-order chi connectivity index (χ1) is 10.1. The summed E-state index contributed by atoms with van der Waals surface area (Å²) in [4.78, 5) is 0.602. The Bertz CT molecular complexity index is 626. The number of rotatable bonds is 2. The Labute approximate surface area is 129 Å². The van der Waals surface area contributed by atoms with E-state index < -0.39 is 9.84 Å². The molecule has 1 N–H and O–H groups in total. The molecule has 0 amide bonds. The normalized spacial score (nSPS) is 14.9. The molecule has 4 heteroatoms. The van der Waals surface area contributed by atoms with Gasteiger partial charge in [-0.3, -0.25) is 0 Å². The quantitative estimate of drug-likeness (QED) is 0.789. The van der Waals surface area contributed by atoms with Crippen LogP contribution in [0.5, 0.6) is 0 Å². The van der Waals surface area contributed by atoms with Crippen molar-refractivity contribution < 1.29 is 8.42 Å². The van der Waals surface area contributed by atoms with E-state index in [9.17, 15) is 8.42 Å². The van der Waals surface area contributed by atoms with Crippen molar-refractivity contribution in [2.45, 2.75) is 39.5 Å². The van der Waals surface area contributed by atoms with Gasteiger partial charge in [-0.1, -0.05) is 58.6 Å². The van der Waals surface area contributed by atoms with Gasteiger partial charge in [-0.05, 0) is 25.1 Å². The fourth-order valence-corrected chi connectivity index (χ4v) is 3.37. The van der Waals surface area contributed by atoms with E-state index in [-0.39, 0.29) is 4.91 Å². The van der Waals surface area contributed by atoms with Crippen molar-refractivity contribution >= 4 is 15.5 Å². The minimum absolute atomic E-state index is 0.288.